The summed E-state index contributed by atoms with van der Waals surface area (Å²) in [5.41, 5.74) is 2.04. The van der Waals surface area contributed by atoms with E-state index >= 15 is 0 Å². The van der Waals surface area contributed by atoms with E-state index in [2.05, 4.69) is 14.5 Å². The summed E-state index contributed by atoms with van der Waals surface area (Å²) in [4.78, 5) is 42.9. The number of H-pyrrole nitrogens is 1. The Morgan fingerprint density at radius 1 is 1.32 bits per heavy atom. The van der Waals surface area contributed by atoms with Gasteiger partial charge in [-0.2, -0.15) is 0 Å². The van der Waals surface area contributed by atoms with E-state index in [1.807, 2.05) is 13.8 Å². The van der Waals surface area contributed by atoms with E-state index in [0.29, 0.717) is 22.3 Å². The van der Waals surface area contributed by atoms with Crippen molar-refractivity contribution >= 4 is 23.5 Å². The molecule has 1 aliphatic rings. The zero-order valence-electron chi connectivity index (χ0n) is 14.3. The zero-order valence-corrected chi connectivity index (χ0v) is 15.1. The Labute approximate surface area is 148 Å². The SMILES string of the molecule is COC(=O)c1c(C(=O)CSc2nccc(=O)[nH]2)c(C)n(C2CC2)c1C. The number of carbonyl (C=O) groups is 2. The summed E-state index contributed by atoms with van der Waals surface area (Å²) in [7, 11) is 1.31. The minimum absolute atomic E-state index is 0.0753. The number of hydrogen-bond acceptors (Lipinski definition) is 6. The number of hydrogen-bond donors (Lipinski definition) is 1. The Balaban J connectivity index is 1.92. The first-order valence-corrected chi connectivity index (χ1v) is 8.93. The molecule has 0 amide bonds. The summed E-state index contributed by atoms with van der Waals surface area (Å²) in [6.07, 6.45) is 3.49. The maximum absolute atomic E-state index is 12.8. The van der Waals surface area contributed by atoms with Crippen LogP contribution in [0.25, 0.3) is 0 Å². The highest BCUT2D eigenvalue weighted by Crippen LogP contribution is 2.40. The van der Waals surface area contributed by atoms with Gasteiger partial charge in [0, 0.05) is 29.7 Å². The summed E-state index contributed by atoms with van der Waals surface area (Å²) < 4.78 is 6.95. The van der Waals surface area contributed by atoms with Crippen LogP contribution in [0.1, 0.15) is 51.0 Å². The molecule has 132 valence electrons. The van der Waals surface area contributed by atoms with Crippen LogP contribution in [0, 0.1) is 13.8 Å². The van der Waals surface area contributed by atoms with E-state index in [4.69, 9.17) is 4.74 Å². The fourth-order valence-corrected chi connectivity index (χ4v) is 3.78. The van der Waals surface area contributed by atoms with Gasteiger partial charge in [0.05, 0.1) is 24.0 Å². The normalized spacial score (nSPS) is 13.7. The van der Waals surface area contributed by atoms with Gasteiger partial charge in [0.2, 0.25) is 0 Å². The second kappa shape index (κ2) is 6.87. The summed E-state index contributed by atoms with van der Waals surface area (Å²) in [5, 5.41) is 0.372. The number of rotatable bonds is 6. The number of methoxy groups -OCH3 is 1. The van der Waals surface area contributed by atoms with Crippen LogP contribution in [0.5, 0.6) is 0 Å². The van der Waals surface area contributed by atoms with Gasteiger partial charge in [0.15, 0.2) is 10.9 Å². The quantitative estimate of drug-likeness (QED) is 0.367. The van der Waals surface area contributed by atoms with Gasteiger partial charge >= 0.3 is 5.97 Å². The van der Waals surface area contributed by atoms with E-state index in [0.717, 1.165) is 36.0 Å². The van der Waals surface area contributed by atoms with Crippen LogP contribution in [0.2, 0.25) is 0 Å². The molecular weight excluding hydrogens is 342 g/mol. The van der Waals surface area contributed by atoms with E-state index in [9.17, 15) is 14.4 Å². The topological polar surface area (TPSA) is 94.1 Å². The van der Waals surface area contributed by atoms with Crippen LogP contribution in [-0.2, 0) is 4.74 Å². The van der Waals surface area contributed by atoms with Gasteiger partial charge in [-0.3, -0.25) is 9.59 Å². The standard InChI is InChI=1S/C17H19N3O4S/c1-9-14(12(21)8-25-17-18-7-6-13(22)19-17)15(16(23)24-3)10(2)20(9)11-4-5-11/h6-7,11H,4-5,8H2,1-3H3,(H,18,19,22). The van der Waals surface area contributed by atoms with Crippen molar-refractivity contribution in [2.24, 2.45) is 0 Å². The third kappa shape index (κ3) is 3.39. The molecule has 1 fully saturated rings. The Kier molecular flexibility index (Phi) is 4.80. The largest absolute Gasteiger partial charge is 0.465 e. The average molecular weight is 361 g/mol. The molecule has 1 saturated carbocycles. The molecular formula is C17H19N3O4S. The van der Waals surface area contributed by atoms with Crippen molar-refractivity contribution in [2.45, 2.75) is 37.9 Å². The van der Waals surface area contributed by atoms with Crippen molar-refractivity contribution in [3.05, 3.63) is 45.1 Å². The van der Waals surface area contributed by atoms with E-state index in [-0.39, 0.29) is 17.1 Å². The summed E-state index contributed by atoms with van der Waals surface area (Å²) >= 11 is 1.14. The number of carbonyl (C=O) groups excluding carboxylic acids is 2. The molecule has 8 heteroatoms. The number of aromatic amines is 1. The molecule has 0 atom stereocenters. The predicted molar refractivity (Wildman–Crippen MR) is 93.4 cm³/mol. The molecule has 7 nitrogen and oxygen atoms in total. The van der Waals surface area contributed by atoms with Crippen LogP contribution >= 0.6 is 11.8 Å². The van der Waals surface area contributed by atoms with Crippen LogP contribution in [-0.4, -0.2) is 39.2 Å². The molecule has 0 spiro atoms. The van der Waals surface area contributed by atoms with Gasteiger partial charge < -0.3 is 14.3 Å². The van der Waals surface area contributed by atoms with Gasteiger partial charge in [-0.15, -0.1) is 0 Å². The van der Waals surface area contributed by atoms with Crippen molar-refractivity contribution in [2.75, 3.05) is 12.9 Å². The monoisotopic (exact) mass is 361 g/mol. The second-order valence-electron chi connectivity index (χ2n) is 5.96. The molecule has 0 radical (unpaired) electrons. The Morgan fingerprint density at radius 2 is 2.00 bits per heavy atom. The summed E-state index contributed by atoms with van der Waals surface area (Å²) in [6, 6.07) is 1.66. The molecule has 3 rings (SSSR count). The van der Waals surface area contributed by atoms with E-state index in [1.54, 1.807) is 0 Å². The number of ketones is 1. The fraction of sp³-hybridized carbons (Fsp3) is 0.412. The minimum atomic E-state index is -0.500. The molecule has 2 aromatic rings. The molecule has 0 aliphatic heterocycles. The molecule has 1 N–H and O–H groups in total. The molecule has 0 unspecified atom stereocenters. The molecule has 2 aromatic heterocycles. The van der Waals surface area contributed by atoms with Crippen LogP contribution in [0.15, 0.2) is 22.2 Å². The molecule has 25 heavy (non-hydrogen) atoms. The first-order chi connectivity index (χ1) is 11.9. The lowest BCUT2D eigenvalue weighted by Gasteiger charge is -2.07. The molecule has 1 aliphatic carbocycles. The Bertz CT molecular complexity index is 896. The maximum atomic E-state index is 12.8. The Morgan fingerprint density at radius 3 is 2.60 bits per heavy atom. The summed E-state index contributed by atoms with van der Waals surface area (Å²) in [6.45, 7) is 3.70. The maximum Gasteiger partial charge on any atom is 0.340 e. The third-order valence-electron chi connectivity index (χ3n) is 4.26. The molecule has 0 bridgehead atoms. The van der Waals surface area contributed by atoms with Gasteiger partial charge in [-0.1, -0.05) is 11.8 Å². The minimum Gasteiger partial charge on any atom is -0.465 e. The number of nitrogens with one attached hydrogen (secondary N) is 1. The number of esters is 1. The van der Waals surface area contributed by atoms with Crippen LogP contribution in [0.3, 0.4) is 0 Å². The van der Waals surface area contributed by atoms with Gasteiger partial charge in [-0.05, 0) is 26.7 Å². The first-order valence-electron chi connectivity index (χ1n) is 7.95. The smallest absolute Gasteiger partial charge is 0.340 e. The Hall–Kier alpha value is -2.35. The van der Waals surface area contributed by atoms with E-state index < -0.39 is 5.97 Å². The number of Topliss-reactive ketones (excluding diaryl/α,β-unsaturated/α-hetero) is 1. The highest BCUT2D eigenvalue weighted by molar-refractivity contribution is 7.99. The van der Waals surface area contributed by atoms with Gasteiger partial charge in [-0.25, -0.2) is 9.78 Å². The van der Waals surface area contributed by atoms with Crippen molar-refractivity contribution in [3.63, 3.8) is 0 Å². The predicted octanol–water partition coefficient (Wildman–Crippen LogP) is 2.28. The lowest BCUT2D eigenvalue weighted by molar-refractivity contribution is 0.0596. The third-order valence-corrected chi connectivity index (χ3v) is 5.15. The first kappa shape index (κ1) is 17.5. The van der Waals surface area contributed by atoms with Crippen molar-refractivity contribution in [1.29, 1.82) is 0 Å². The van der Waals surface area contributed by atoms with Crippen LogP contribution in [0.4, 0.5) is 0 Å². The van der Waals surface area contributed by atoms with Crippen molar-refractivity contribution in [1.82, 2.24) is 14.5 Å². The average Bonchev–Trinajstić information content (AvgIpc) is 3.37. The highest BCUT2D eigenvalue weighted by atomic mass is 32.2. The molecule has 0 aromatic carbocycles. The zero-order chi connectivity index (χ0) is 18.1. The second-order valence-corrected chi connectivity index (χ2v) is 6.93. The number of aromatic nitrogens is 3. The molecule has 2 heterocycles. The summed E-state index contributed by atoms with van der Waals surface area (Å²) in [5.74, 6) is -0.608. The van der Waals surface area contributed by atoms with Crippen LogP contribution < -0.4 is 5.56 Å². The number of ether oxygens (including phenoxy) is 1. The van der Waals surface area contributed by atoms with Crippen molar-refractivity contribution < 1.29 is 14.3 Å². The number of nitrogens with zero attached hydrogens (tertiary/aromatic N) is 2. The fourth-order valence-electron chi connectivity index (χ4n) is 3.06. The highest BCUT2D eigenvalue weighted by Gasteiger charge is 2.34. The lowest BCUT2D eigenvalue weighted by Crippen LogP contribution is -2.13. The number of thioether (sulfide) groups is 1. The molecule has 0 saturated heterocycles. The van der Waals surface area contributed by atoms with Gasteiger partial charge in [0.25, 0.3) is 5.56 Å². The van der Waals surface area contributed by atoms with Crippen molar-refractivity contribution in [3.8, 4) is 0 Å². The lowest BCUT2D eigenvalue weighted by atomic mass is 10.1. The van der Waals surface area contributed by atoms with E-state index in [1.165, 1.54) is 19.4 Å². The van der Waals surface area contributed by atoms with Gasteiger partial charge in [0.1, 0.15) is 0 Å².